The molecule has 0 saturated heterocycles. The number of hydrogen-bond acceptors (Lipinski definition) is 2. The van der Waals surface area contributed by atoms with Crippen LogP contribution in [0.1, 0.15) is 0 Å². The van der Waals surface area contributed by atoms with Crippen molar-refractivity contribution in [1.29, 1.82) is 0 Å². The Morgan fingerprint density at radius 1 is 0.339 bits per heavy atom. The molecule has 56 heavy (non-hydrogen) atoms. The highest BCUT2D eigenvalue weighted by atomic mass is 15.1. The lowest BCUT2D eigenvalue weighted by molar-refractivity contribution is 1.08. The van der Waals surface area contributed by atoms with Crippen LogP contribution in [0.2, 0.25) is 0 Å². The molecule has 0 aliphatic carbocycles. The van der Waals surface area contributed by atoms with Gasteiger partial charge >= 0.3 is 0 Å². The molecule has 4 nitrogen and oxygen atoms in total. The van der Waals surface area contributed by atoms with Crippen molar-refractivity contribution in [2.75, 3.05) is 0 Å². The SMILES string of the molecule is c1ccc(-c2cc3c4cc5c6ccccc6n(-c6nc7ccccc7nc6-c6ccc7ccccc7c6)c5cc4n(-c4ccccc4)c3c3ccccc23)cc1. The Labute approximate surface area is 322 Å². The summed E-state index contributed by atoms with van der Waals surface area (Å²) in [6.07, 6.45) is 0. The van der Waals surface area contributed by atoms with Gasteiger partial charge in [-0.2, -0.15) is 0 Å². The molecule has 0 saturated carbocycles. The zero-order valence-electron chi connectivity index (χ0n) is 30.3. The van der Waals surface area contributed by atoms with Crippen molar-refractivity contribution in [3.8, 4) is 33.9 Å². The Morgan fingerprint density at radius 3 is 1.79 bits per heavy atom. The second-order valence-electron chi connectivity index (χ2n) is 14.6. The minimum atomic E-state index is 0.809. The molecule has 0 bridgehead atoms. The van der Waals surface area contributed by atoms with E-state index in [0.29, 0.717) is 0 Å². The van der Waals surface area contributed by atoms with Gasteiger partial charge in [0.1, 0.15) is 5.69 Å². The van der Waals surface area contributed by atoms with Crippen molar-refractivity contribution in [3.05, 3.63) is 194 Å². The number of rotatable bonds is 4. The molecule has 4 heteroatoms. The zero-order chi connectivity index (χ0) is 36.7. The molecule has 3 heterocycles. The highest BCUT2D eigenvalue weighted by Gasteiger charge is 2.23. The van der Waals surface area contributed by atoms with Gasteiger partial charge < -0.3 is 4.57 Å². The van der Waals surface area contributed by atoms with Crippen LogP contribution >= 0.6 is 0 Å². The first kappa shape index (κ1) is 30.9. The quantitative estimate of drug-likeness (QED) is 0.182. The van der Waals surface area contributed by atoms with Crippen LogP contribution < -0.4 is 0 Å². The van der Waals surface area contributed by atoms with Crippen LogP contribution in [-0.4, -0.2) is 19.1 Å². The molecule has 12 rings (SSSR count). The average Bonchev–Trinajstić information content (AvgIpc) is 3.77. The zero-order valence-corrected chi connectivity index (χ0v) is 30.3. The monoisotopic (exact) mass is 712 g/mol. The van der Waals surface area contributed by atoms with Crippen molar-refractivity contribution in [3.63, 3.8) is 0 Å². The first-order chi connectivity index (χ1) is 27.8. The summed E-state index contributed by atoms with van der Waals surface area (Å²) in [6.45, 7) is 0. The maximum Gasteiger partial charge on any atom is 0.165 e. The predicted molar refractivity (Wildman–Crippen MR) is 234 cm³/mol. The van der Waals surface area contributed by atoms with E-state index in [1.807, 2.05) is 12.1 Å². The Kier molecular flexibility index (Phi) is 6.60. The smallest absolute Gasteiger partial charge is 0.165 e. The standard InChI is InChI=1S/C52H32N4/c1-3-16-34(17-4-1)41-30-44-43-31-42-39-22-11-14-26-47(39)56(49(42)32-48(43)55(37-19-5-2-6-20-37)51(44)40-23-10-9-21-38(40)41)52-50(53-45-24-12-13-25-46(45)54-52)36-28-27-33-15-7-8-18-35(33)29-36/h1-32H. The number of para-hydroxylation sites is 4. The van der Waals surface area contributed by atoms with E-state index in [1.165, 1.54) is 59.7 Å². The molecule has 0 atom stereocenters. The second kappa shape index (κ2) is 12.0. The third-order valence-electron chi connectivity index (χ3n) is 11.4. The van der Waals surface area contributed by atoms with Crippen molar-refractivity contribution in [2.24, 2.45) is 0 Å². The van der Waals surface area contributed by atoms with E-state index in [0.717, 1.165) is 50.3 Å². The van der Waals surface area contributed by atoms with E-state index in [2.05, 4.69) is 191 Å². The van der Waals surface area contributed by atoms with Crippen LogP contribution in [0.3, 0.4) is 0 Å². The molecule has 0 aliphatic rings. The first-order valence-corrected chi connectivity index (χ1v) is 19.1. The minimum absolute atomic E-state index is 0.809. The van der Waals surface area contributed by atoms with E-state index in [1.54, 1.807) is 0 Å². The lowest BCUT2D eigenvalue weighted by atomic mass is 9.95. The summed E-state index contributed by atoms with van der Waals surface area (Å²) < 4.78 is 4.80. The van der Waals surface area contributed by atoms with E-state index in [9.17, 15) is 0 Å². The van der Waals surface area contributed by atoms with Crippen molar-refractivity contribution in [1.82, 2.24) is 19.1 Å². The number of hydrogen-bond donors (Lipinski definition) is 0. The van der Waals surface area contributed by atoms with Gasteiger partial charge in [0.05, 0.1) is 33.1 Å². The van der Waals surface area contributed by atoms with E-state index in [-0.39, 0.29) is 0 Å². The first-order valence-electron chi connectivity index (χ1n) is 19.1. The van der Waals surface area contributed by atoms with Gasteiger partial charge in [-0.1, -0.05) is 140 Å². The minimum Gasteiger partial charge on any atom is -0.309 e. The molecule has 260 valence electrons. The van der Waals surface area contributed by atoms with Gasteiger partial charge in [-0.05, 0) is 81.9 Å². The summed E-state index contributed by atoms with van der Waals surface area (Å²) in [5.41, 5.74) is 11.7. The maximum atomic E-state index is 5.46. The fourth-order valence-electron chi connectivity index (χ4n) is 8.94. The van der Waals surface area contributed by atoms with E-state index >= 15 is 0 Å². The molecular formula is C52H32N4. The summed E-state index contributed by atoms with van der Waals surface area (Å²) in [4.78, 5) is 10.8. The maximum absolute atomic E-state index is 5.46. The third kappa shape index (κ3) is 4.53. The molecular weight excluding hydrogens is 681 g/mol. The summed E-state index contributed by atoms with van der Waals surface area (Å²) in [6, 6.07) is 69.6. The van der Waals surface area contributed by atoms with Gasteiger partial charge in [-0.3, -0.25) is 4.57 Å². The summed E-state index contributed by atoms with van der Waals surface area (Å²) in [5.74, 6) is 0.809. The van der Waals surface area contributed by atoms with E-state index in [4.69, 9.17) is 9.97 Å². The number of nitrogens with zero attached hydrogens (tertiary/aromatic N) is 4. The second-order valence-corrected chi connectivity index (χ2v) is 14.6. The normalized spacial score (nSPS) is 11.9. The highest BCUT2D eigenvalue weighted by molar-refractivity contribution is 6.25. The highest BCUT2D eigenvalue weighted by Crippen LogP contribution is 2.45. The van der Waals surface area contributed by atoms with E-state index < -0.39 is 0 Å². The summed E-state index contributed by atoms with van der Waals surface area (Å²) >= 11 is 0. The molecule has 0 aliphatic heterocycles. The topological polar surface area (TPSA) is 35.6 Å². The van der Waals surface area contributed by atoms with Gasteiger partial charge in [0, 0.05) is 38.2 Å². The van der Waals surface area contributed by atoms with Crippen LogP contribution in [0.15, 0.2) is 194 Å². The molecule has 0 N–H and O–H groups in total. The molecule has 0 unspecified atom stereocenters. The lowest BCUT2D eigenvalue weighted by Gasteiger charge is -2.15. The Bertz CT molecular complexity index is 3520. The molecule has 0 amide bonds. The van der Waals surface area contributed by atoms with Crippen molar-refractivity contribution >= 4 is 76.2 Å². The number of fused-ring (bicyclic) bond motifs is 10. The Hall–Kier alpha value is -7.56. The Morgan fingerprint density at radius 2 is 0.964 bits per heavy atom. The fraction of sp³-hybridized carbons (Fsp3) is 0. The van der Waals surface area contributed by atoms with Crippen LogP contribution in [-0.2, 0) is 0 Å². The summed E-state index contributed by atoms with van der Waals surface area (Å²) in [7, 11) is 0. The van der Waals surface area contributed by atoms with Crippen LogP contribution in [0, 0.1) is 0 Å². The molecule has 0 fully saturated rings. The average molecular weight is 713 g/mol. The molecule has 3 aromatic heterocycles. The molecule has 0 spiro atoms. The number of benzene rings is 9. The van der Waals surface area contributed by atoms with Gasteiger partial charge in [-0.15, -0.1) is 0 Å². The van der Waals surface area contributed by atoms with Gasteiger partial charge in [-0.25, -0.2) is 9.97 Å². The van der Waals surface area contributed by atoms with Crippen LogP contribution in [0.4, 0.5) is 0 Å². The lowest BCUT2D eigenvalue weighted by Crippen LogP contribution is -2.04. The van der Waals surface area contributed by atoms with Gasteiger partial charge in [0.25, 0.3) is 0 Å². The van der Waals surface area contributed by atoms with Gasteiger partial charge in [0.2, 0.25) is 0 Å². The number of aromatic nitrogens is 4. The largest absolute Gasteiger partial charge is 0.309 e. The van der Waals surface area contributed by atoms with Crippen molar-refractivity contribution in [2.45, 2.75) is 0 Å². The summed E-state index contributed by atoms with van der Waals surface area (Å²) in [5, 5.41) is 9.61. The third-order valence-corrected chi connectivity index (χ3v) is 11.4. The Balaban J connectivity index is 1.25. The molecule has 9 aromatic carbocycles. The van der Waals surface area contributed by atoms with Crippen LogP contribution in [0.25, 0.3) is 110 Å². The fourth-order valence-corrected chi connectivity index (χ4v) is 8.94. The predicted octanol–water partition coefficient (Wildman–Crippen LogP) is 13.5. The van der Waals surface area contributed by atoms with Crippen LogP contribution in [0.5, 0.6) is 0 Å². The van der Waals surface area contributed by atoms with Crippen molar-refractivity contribution < 1.29 is 0 Å². The van der Waals surface area contributed by atoms with Gasteiger partial charge in [0.15, 0.2) is 5.82 Å². The molecule has 0 radical (unpaired) electrons. The molecule has 12 aromatic rings.